The molecule has 1 rings (SSSR count). The predicted molar refractivity (Wildman–Crippen MR) is 32.6 cm³/mol. The van der Waals surface area contributed by atoms with Gasteiger partial charge in [0.25, 0.3) is 0 Å². The summed E-state index contributed by atoms with van der Waals surface area (Å²) >= 11 is 0. The zero-order valence-electron chi connectivity index (χ0n) is 4.43. The van der Waals surface area contributed by atoms with Gasteiger partial charge in [0.15, 0.2) is 0 Å². The Balaban J connectivity index is 2.62. The van der Waals surface area contributed by atoms with Crippen LogP contribution in [0.25, 0.3) is 0 Å². The Morgan fingerprint density at radius 1 is 1.33 bits per heavy atom. The molecule has 0 aromatic carbocycles. The Morgan fingerprint density at radius 2 is 1.89 bits per heavy atom. The molecule has 1 heterocycles. The van der Waals surface area contributed by atoms with E-state index in [0.29, 0.717) is 0 Å². The highest BCUT2D eigenvalue weighted by Gasteiger charge is 2.31. The third kappa shape index (κ3) is 1.75. The molecule has 0 radical (unpaired) electrons. The number of carbonyl (C=O) groups excluding carboxylic acids is 1. The maximum Gasteiger partial charge on any atom is 1.04 e. The van der Waals surface area contributed by atoms with E-state index in [1.807, 2.05) is 0 Å². The molecule has 0 saturated heterocycles. The van der Waals surface area contributed by atoms with E-state index in [-0.39, 0.29) is 6.03 Å². The summed E-state index contributed by atoms with van der Waals surface area (Å²) in [6, 6.07) is -0.0370. The average Bonchev–Trinajstić information content (AvgIpc) is 2.15. The van der Waals surface area contributed by atoms with Gasteiger partial charge in [-0.15, -0.1) is 9.98 Å². The maximum atomic E-state index is 8.18. The number of aliphatic imine (C=N–C) groups is 2. The Hall–Kier alpha value is -1.01. The summed E-state index contributed by atoms with van der Waals surface area (Å²) in [7, 11) is -1.84. The molecule has 0 saturated carbocycles. The molecular formula is C3H4BN2O3+. The van der Waals surface area contributed by atoms with Crippen LogP contribution in [0, 0.1) is 0 Å². The van der Waals surface area contributed by atoms with Crippen LogP contribution in [0.15, 0.2) is 9.98 Å². The van der Waals surface area contributed by atoms with Crippen molar-refractivity contribution in [3.05, 3.63) is 0 Å². The number of rotatable bonds is 1. The fourth-order valence-corrected chi connectivity index (χ4v) is 0.383. The Labute approximate surface area is 51.3 Å². The van der Waals surface area contributed by atoms with E-state index in [4.69, 9.17) is 10.0 Å². The summed E-state index contributed by atoms with van der Waals surface area (Å²) in [6.45, 7) is 0. The van der Waals surface area contributed by atoms with Gasteiger partial charge in [-0.25, -0.2) is 0 Å². The number of hydrogen-bond acceptors (Lipinski definition) is 2. The fourth-order valence-electron chi connectivity index (χ4n) is 0.383. The van der Waals surface area contributed by atoms with Crippen LogP contribution in [0.3, 0.4) is 0 Å². The Morgan fingerprint density at radius 3 is 2.33 bits per heavy atom. The summed E-state index contributed by atoms with van der Waals surface area (Å²) in [6.07, 6.45) is 2.77. The van der Waals surface area contributed by atoms with Crippen LogP contribution in [0.5, 0.6) is 0 Å². The van der Waals surface area contributed by atoms with Gasteiger partial charge in [0, 0.05) is 0 Å². The molecule has 0 atom stereocenters. The molecule has 0 aromatic heterocycles. The number of amides is 2. The molecule has 6 heteroatoms. The molecule has 2 amide bonds. The van der Waals surface area contributed by atoms with Gasteiger partial charge >= 0.3 is 13.4 Å². The quantitative estimate of drug-likeness (QED) is 0.341. The van der Waals surface area contributed by atoms with E-state index in [1.165, 1.54) is 12.4 Å². The second-order valence-corrected chi connectivity index (χ2v) is 1.28. The largest absolute Gasteiger partial charge is 1.04 e. The van der Waals surface area contributed by atoms with Gasteiger partial charge in [-0.05, 0) is 0 Å². The SMILES string of the molecule is OB(O)[O+]=C1N=CC=N1. The third-order valence-corrected chi connectivity index (χ3v) is 0.647. The highest BCUT2D eigenvalue weighted by atomic mass is 16.6. The third-order valence-electron chi connectivity index (χ3n) is 0.647. The van der Waals surface area contributed by atoms with Gasteiger partial charge in [-0.3, -0.25) is 4.34 Å². The zero-order chi connectivity index (χ0) is 6.69. The molecule has 0 unspecified atom stereocenters. The van der Waals surface area contributed by atoms with E-state index >= 15 is 0 Å². The second kappa shape index (κ2) is 2.52. The predicted octanol–water partition coefficient (Wildman–Crippen LogP) is -1.23. The topological polar surface area (TPSA) is 76.5 Å². The lowest BCUT2D eigenvalue weighted by molar-refractivity contribution is -0.0218. The summed E-state index contributed by atoms with van der Waals surface area (Å²) < 4.78 is 4.24. The van der Waals surface area contributed by atoms with E-state index in [1.54, 1.807) is 0 Å². The van der Waals surface area contributed by atoms with Crippen molar-refractivity contribution in [1.82, 2.24) is 0 Å². The maximum absolute atomic E-state index is 8.18. The molecule has 9 heavy (non-hydrogen) atoms. The van der Waals surface area contributed by atoms with Gasteiger partial charge < -0.3 is 10.0 Å². The molecule has 0 spiro atoms. The van der Waals surface area contributed by atoms with E-state index in [2.05, 4.69) is 14.3 Å². The van der Waals surface area contributed by atoms with Crippen molar-refractivity contribution in [3.63, 3.8) is 0 Å². The monoisotopic (exact) mass is 127 g/mol. The molecule has 2 N–H and O–H groups in total. The minimum atomic E-state index is -1.84. The van der Waals surface area contributed by atoms with Crippen molar-refractivity contribution in [1.29, 1.82) is 0 Å². The van der Waals surface area contributed by atoms with Gasteiger partial charge in [-0.2, -0.15) is 0 Å². The van der Waals surface area contributed by atoms with Gasteiger partial charge in [-0.1, -0.05) is 0 Å². The van der Waals surface area contributed by atoms with Gasteiger partial charge in [0.2, 0.25) is 0 Å². The first-order valence-electron chi connectivity index (χ1n) is 2.25. The minimum absolute atomic E-state index is 0.0370. The zero-order valence-corrected chi connectivity index (χ0v) is 4.43. The molecule has 1 aliphatic rings. The lowest BCUT2D eigenvalue weighted by Gasteiger charge is -1.71. The lowest BCUT2D eigenvalue weighted by atomic mass is 10.3. The second-order valence-electron chi connectivity index (χ2n) is 1.28. The van der Waals surface area contributed by atoms with Crippen LogP contribution in [0.4, 0.5) is 4.34 Å². The molecule has 0 fully saturated rings. The lowest BCUT2D eigenvalue weighted by Crippen LogP contribution is -2.05. The first kappa shape index (κ1) is 6.12. The van der Waals surface area contributed by atoms with Crippen LogP contribution >= 0.6 is 0 Å². The van der Waals surface area contributed by atoms with Crippen LogP contribution in [-0.4, -0.2) is 35.8 Å². The standard InChI is InChI=1S/C3H4BN2O3/c7-4(8)9-3-5-1-2-6-3/h1-2,7-8H/q+1. The Bertz CT molecular complexity index is 171. The molecule has 46 valence electrons. The fraction of sp³-hybridized carbons (Fsp3) is 0. The van der Waals surface area contributed by atoms with E-state index in [9.17, 15) is 0 Å². The molecule has 5 nitrogen and oxygen atoms in total. The van der Waals surface area contributed by atoms with E-state index < -0.39 is 7.32 Å². The number of urea groups is 1. The van der Waals surface area contributed by atoms with Crippen LogP contribution in [0.2, 0.25) is 0 Å². The van der Waals surface area contributed by atoms with Crippen molar-refractivity contribution >= 4 is 25.8 Å². The molecular weight excluding hydrogens is 123 g/mol. The van der Waals surface area contributed by atoms with Gasteiger partial charge in [0.1, 0.15) is 0 Å². The summed E-state index contributed by atoms with van der Waals surface area (Å²) in [5.74, 6) is 0. The molecule has 0 aromatic rings. The summed E-state index contributed by atoms with van der Waals surface area (Å²) in [5, 5.41) is 16.4. The van der Waals surface area contributed by atoms with Gasteiger partial charge in [0.05, 0.1) is 12.4 Å². The Kier molecular flexibility index (Phi) is 1.71. The average molecular weight is 127 g/mol. The molecule has 0 bridgehead atoms. The first-order valence-corrected chi connectivity index (χ1v) is 2.25. The van der Waals surface area contributed by atoms with Crippen LogP contribution in [0.1, 0.15) is 0 Å². The van der Waals surface area contributed by atoms with Crippen molar-refractivity contribution in [3.8, 4) is 0 Å². The van der Waals surface area contributed by atoms with Crippen LogP contribution < -0.4 is 0 Å². The molecule has 1 aliphatic heterocycles. The van der Waals surface area contributed by atoms with Crippen LogP contribution in [-0.2, 0) is 0 Å². The van der Waals surface area contributed by atoms with Crippen molar-refractivity contribution < 1.29 is 14.4 Å². The highest BCUT2D eigenvalue weighted by Crippen LogP contribution is 1.93. The normalized spacial score (nSPS) is 14.7. The van der Waals surface area contributed by atoms with Crippen molar-refractivity contribution in [2.75, 3.05) is 0 Å². The number of nitrogens with zero attached hydrogens (tertiary/aromatic N) is 2. The smallest absolute Gasteiger partial charge is 0.330 e. The molecule has 0 aliphatic carbocycles. The van der Waals surface area contributed by atoms with Crippen molar-refractivity contribution in [2.24, 2.45) is 9.98 Å². The number of hydrogen-bond donors (Lipinski definition) is 2. The first-order chi connectivity index (χ1) is 4.29. The van der Waals surface area contributed by atoms with Crippen molar-refractivity contribution in [2.45, 2.75) is 0 Å². The summed E-state index contributed by atoms with van der Waals surface area (Å²) in [4.78, 5) is 7.01. The minimum Gasteiger partial charge on any atom is -0.330 e. The highest BCUT2D eigenvalue weighted by molar-refractivity contribution is 6.33. The van der Waals surface area contributed by atoms with E-state index in [0.717, 1.165) is 0 Å². The summed E-state index contributed by atoms with van der Waals surface area (Å²) in [5.41, 5.74) is 0.